The Morgan fingerprint density at radius 2 is 1.67 bits per heavy atom. The molecular weight excluding hydrogens is 269 g/mol. The van der Waals surface area contributed by atoms with Gasteiger partial charge in [0.25, 0.3) is 0 Å². The van der Waals surface area contributed by atoms with Crippen molar-refractivity contribution < 1.29 is 14.3 Å². The second kappa shape index (κ2) is 7.55. The molecule has 4 heteroatoms. The summed E-state index contributed by atoms with van der Waals surface area (Å²) in [6.45, 7) is 0.665. The minimum Gasteiger partial charge on any atom is -0.395 e. The van der Waals surface area contributed by atoms with E-state index in [1.807, 2.05) is 30.3 Å². The fourth-order valence-electron chi connectivity index (χ4n) is 2.11. The summed E-state index contributed by atoms with van der Waals surface area (Å²) in [4.78, 5) is 13.9. The Hall–Kier alpha value is -2.20. The first-order chi connectivity index (χ1) is 10.2. The minimum absolute atomic E-state index is 0.0814. The number of carbonyl (C=O) groups excluding carboxylic acids is 1. The van der Waals surface area contributed by atoms with E-state index in [4.69, 9.17) is 5.11 Å². The highest BCUT2D eigenvalue weighted by molar-refractivity contribution is 5.78. The first-order valence-electron chi connectivity index (χ1n) is 6.86. The lowest BCUT2D eigenvalue weighted by Crippen LogP contribution is -2.34. The summed E-state index contributed by atoms with van der Waals surface area (Å²) < 4.78 is 12.9. The fraction of sp³-hybridized carbons (Fsp3) is 0.235. The first-order valence-corrected chi connectivity index (χ1v) is 6.86. The number of benzene rings is 2. The lowest BCUT2D eigenvalue weighted by Gasteiger charge is -2.22. The summed E-state index contributed by atoms with van der Waals surface area (Å²) >= 11 is 0. The van der Waals surface area contributed by atoms with Gasteiger partial charge in [-0.05, 0) is 23.3 Å². The highest BCUT2D eigenvalue weighted by Crippen LogP contribution is 2.09. The number of hydrogen-bond donors (Lipinski definition) is 1. The molecule has 0 heterocycles. The van der Waals surface area contributed by atoms with Gasteiger partial charge in [0.2, 0.25) is 5.91 Å². The molecule has 0 bridgehead atoms. The SMILES string of the molecule is O=C(Cc1ccc(F)cc1)N(CCO)Cc1ccccc1. The van der Waals surface area contributed by atoms with Crippen molar-refractivity contribution in [3.8, 4) is 0 Å². The normalized spacial score (nSPS) is 10.4. The Balaban J connectivity index is 2.03. The first kappa shape index (κ1) is 15.2. The molecule has 1 N–H and O–H groups in total. The summed E-state index contributed by atoms with van der Waals surface area (Å²) in [5.41, 5.74) is 1.77. The predicted octanol–water partition coefficient (Wildman–Crippen LogP) is 2.39. The van der Waals surface area contributed by atoms with Crippen molar-refractivity contribution in [1.82, 2.24) is 4.90 Å². The van der Waals surface area contributed by atoms with Gasteiger partial charge in [0.05, 0.1) is 13.0 Å². The molecule has 21 heavy (non-hydrogen) atoms. The molecule has 0 aliphatic rings. The van der Waals surface area contributed by atoms with Crippen LogP contribution >= 0.6 is 0 Å². The zero-order valence-electron chi connectivity index (χ0n) is 11.7. The van der Waals surface area contributed by atoms with Crippen molar-refractivity contribution in [3.05, 3.63) is 71.5 Å². The fourth-order valence-corrected chi connectivity index (χ4v) is 2.11. The Kier molecular flexibility index (Phi) is 5.46. The zero-order valence-corrected chi connectivity index (χ0v) is 11.7. The largest absolute Gasteiger partial charge is 0.395 e. The van der Waals surface area contributed by atoms with Crippen molar-refractivity contribution in [1.29, 1.82) is 0 Å². The molecule has 0 aliphatic carbocycles. The lowest BCUT2D eigenvalue weighted by atomic mass is 10.1. The topological polar surface area (TPSA) is 40.5 Å². The molecule has 0 spiro atoms. The number of aliphatic hydroxyl groups is 1. The van der Waals surface area contributed by atoms with Crippen LogP contribution in [0.25, 0.3) is 0 Å². The van der Waals surface area contributed by atoms with Gasteiger partial charge in [0.1, 0.15) is 5.82 Å². The second-order valence-electron chi connectivity index (χ2n) is 4.83. The molecule has 0 radical (unpaired) electrons. The van der Waals surface area contributed by atoms with Gasteiger partial charge >= 0.3 is 0 Å². The van der Waals surface area contributed by atoms with Crippen LogP contribution in [-0.2, 0) is 17.8 Å². The third kappa shape index (κ3) is 4.68. The van der Waals surface area contributed by atoms with E-state index in [2.05, 4.69) is 0 Å². The van der Waals surface area contributed by atoms with Crippen LogP contribution < -0.4 is 0 Å². The average molecular weight is 287 g/mol. The average Bonchev–Trinajstić information content (AvgIpc) is 2.50. The summed E-state index contributed by atoms with van der Waals surface area (Å²) in [5, 5.41) is 9.12. The van der Waals surface area contributed by atoms with Crippen LogP contribution in [-0.4, -0.2) is 29.1 Å². The summed E-state index contributed by atoms with van der Waals surface area (Å²) in [5.74, 6) is -0.401. The van der Waals surface area contributed by atoms with Gasteiger partial charge in [0.15, 0.2) is 0 Å². The summed E-state index contributed by atoms with van der Waals surface area (Å²) in [6.07, 6.45) is 0.202. The van der Waals surface area contributed by atoms with Crippen LogP contribution in [0.4, 0.5) is 4.39 Å². The van der Waals surface area contributed by atoms with Crippen LogP contribution in [0.15, 0.2) is 54.6 Å². The summed E-state index contributed by atoms with van der Waals surface area (Å²) in [7, 11) is 0. The molecule has 0 atom stereocenters. The molecule has 110 valence electrons. The Morgan fingerprint density at radius 1 is 1.00 bits per heavy atom. The Morgan fingerprint density at radius 3 is 2.29 bits per heavy atom. The van der Waals surface area contributed by atoms with E-state index in [0.717, 1.165) is 11.1 Å². The third-order valence-corrected chi connectivity index (χ3v) is 3.21. The van der Waals surface area contributed by atoms with Crippen molar-refractivity contribution in [2.75, 3.05) is 13.2 Å². The van der Waals surface area contributed by atoms with Crippen molar-refractivity contribution in [2.24, 2.45) is 0 Å². The predicted molar refractivity (Wildman–Crippen MR) is 79.0 cm³/mol. The molecule has 0 saturated heterocycles. The molecule has 2 aromatic rings. The number of halogens is 1. The van der Waals surface area contributed by atoms with Crippen LogP contribution in [0.3, 0.4) is 0 Å². The van der Waals surface area contributed by atoms with Gasteiger partial charge in [-0.15, -0.1) is 0 Å². The number of aliphatic hydroxyl groups excluding tert-OH is 1. The lowest BCUT2D eigenvalue weighted by molar-refractivity contribution is -0.131. The number of rotatable bonds is 6. The van der Waals surface area contributed by atoms with Gasteiger partial charge in [-0.25, -0.2) is 4.39 Å². The highest BCUT2D eigenvalue weighted by atomic mass is 19.1. The minimum atomic E-state index is -0.317. The maximum absolute atomic E-state index is 12.9. The van der Waals surface area contributed by atoms with Crippen molar-refractivity contribution in [3.63, 3.8) is 0 Å². The van der Waals surface area contributed by atoms with E-state index in [1.165, 1.54) is 12.1 Å². The van der Waals surface area contributed by atoms with Crippen LogP contribution in [0.1, 0.15) is 11.1 Å². The number of amides is 1. The molecule has 2 aromatic carbocycles. The standard InChI is InChI=1S/C17H18FNO2/c18-16-8-6-14(7-9-16)12-17(21)19(10-11-20)13-15-4-2-1-3-5-15/h1-9,20H,10-13H2. The molecule has 0 unspecified atom stereocenters. The second-order valence-corrected chi connectivity index (χ2v) is 4.83. The third-order valence-electron chi connectivity index (χ3n) is 3.21. The van der Waals surface area contributed by atoms with E-state index < -0.39 is 0 Å². The highest BCUT2D eigenvalue weighted by Gasteiger charge is 2.14. The van der Waals surface area contributed by atoms with Crippen LogP contribution in [0, 0.1) is 5.82 Å². The van der Waals surface area contributed by atoms with Crippen molar-refractivity contribution in [2.45, 2.75) is 13.0 Å². The van der Waals surface area contributed by atoms with Crippen molar-refractivity contribution >= 4 is 5.91 Å². The van der Waals surface area contributed by atoms with E-state index in [1.54, 1.807) is 17.0 Å². The molecule has 3 nitrogen and oxygen atoms in total. The molecule has 0 aliphatic heterocycles. The van der Waals surface area contributed by atoms with Gasteiger partial charge in [-0.3, -0.25) is 4.79 Å². The Bertz CT molecular complexity index is 569. The monoisotopic (exact) mass is 287 g/mol. The molecule has 0 saturated carbocycles. The number of carbonyl (C=O) groups is 1. The smallest absolute Gasteiger partial charge is 0.227 e. The van der Waals surface area contributed by atoms with Gasteiger partial charge in [0, 0.05) is 13.1 Å². The van der Waals surface area contributed by atoms with E-state index >= 15 is 0 Å². The maximum atomic E-state index is 12.9. The van der Waals surface area contributed by atoms with Gasteiger partial charge in [-0.1, -0.05) is 42.5 Å². The molecular formula is C17H18FNO2. The van der Waals surface area contributed by atoms with Gasteiger partial charge in [-0.2, -0.15) is 0 Å². The van der Waals surface area contributed by atoms with E-state index in [-0.39, 0.29) is 31.3 Å². The molecule has 2 rings (SSSR count). The number of nitrogens with zero attached hydrogens (tertiary/aromatic N) is 1. The quantitative estimate of drug-likeness (QED) is 0.886. The molecule has 1 amide bonds. The molecule has 0 aromatic heterocycles. The summed E-state index contributed by atoms with van der Waals surface area (Å²) in [6, 6.07) is 15.5. The van der Waals surface area contributed by atoms with E-state index in [0.29, 0.717) is 6.54 Å². The number of hydrogen-bond acceptors (Lipinski definition) is 2. The van der Waals surface area contributed by atoms with Crippen LogP contribution in [0.5, 0.6) is 0 Å². The van der Waals surface area contributed by atoms with Gasteiger partial charge < -0.3 is 10.0 Å². The zero-order chi connectivity index (χ0) is 15.1. The Labute approximate surface area is 123 Å². The molecule has 0 fully saturated rings. The maximum Gasteiger partial charge on any atom is 0.227 e. The van der Waals surface area contributed by atoms with Crippen LogP contribution in [0.2, 0.25) is 0 Å². The van der Waals surface area contributed by atoms with E-state index in [9.17, 15) is 9.18 Å².